The minimum Gasteiger partial charge on any atom is -0.119 e. The highest BCUT2D eigenvalue weighted by Crippen LogP contribution is 2.57. The van der Waals surface area contributed by atoms with Crippen LogP contribution in [0, 0.1) is 0 Å². The van der Waals surface area contributed by atoms with Crippen LogP contribution >= 0.6 is 73.9 Å². The molecule has 0 saturated heterocycles. The van der Waals surface area contributed by atoms with Crippen molar-refractivity contribution in [3.05, 3.63) is 0 Å². The van der Waals surface area contributed by atoms with Crippen molar-refractivity contribution in [3.63, 3.8) is 0 Å². The van der Waals surface area contributed by atoms with Crippen molar-refractivity contribution in [2.75, 3.05) is 0 Å². The summed E-state index contributed by atoms with van der Waals surface area (Å²) >= 11 is 31.1. The van der Waals surface area contributed by atoms with Gasteiger partial charge in [-0.05, 0) is 26.4 Å². The van der Waals surface area contributed by atoms with Gasteiger partial charge in [-0.3, -0.25) is 0 Å². The van der Waals surface area contributed by atoms with Gasteiger partial charge in [0.2, 0.25) is 8.13 Å². The standard InChI is InChI=1S/C3BrCl5N4/c4-2(10-12-13-11-2)1(5,6)3(7,8)9. The highest BCUT2D eigenvalue weighted by Gasteiger charge is 2.63. The first-order chi connectivity index (χ1) is 5.71. The van der Waals surface area contributed by atoms with Gasteiger partial charge < -0.3 is 0 Å². The van der Waals surface area contributed by atoms with Crippen molar-refractivity contribution in [1.82, 2.24) is 0 Å². The van der Waals surface area contributed by atoms with E-state index in [1.807, 2.05) is 0 Å². The van der Waals surface area contributed by atoms with Gasteiger partial charge in [-0.1, -0.05) is 58.0 Å². The van der Waals surface area contributed by atoms with Crippen molar-refractivity contribution >= 4 is 73.9 Å². The van der Waals surface area contributed by atoms with E-state index in [1.165, 1.54) is 0 Å². The van der Waals surface area contributed by atoms with Gasteiger partial charge in [-0.25, -0.2) is 0 Å². The SMILES string of the molecule is ClC(Cl)(Cl)C(Cl)(Cl)C1(Br)N=NN=N1. The third kappa shape index (κ3) is 2.06. The van der Waals surface area contributed by atoms with E-state index in [9.17, 15) is 0 Å². The fourth-order valence-corrected chi connectivity index (χ4v) is 1.81. The molecule has 0 spiro atoms. The molecule has 13 heavy (non-hydrogen) atoms. The molecule has 0 saturated carbocycles. The van der Waals surface area contributed by atoms with Crippen LogP contribution in [0.4, 0.5) is 0 Å². The Morgan fingerprint density at radius 1 is 0.923 bits per heavy atom. The summed E-state index contributed by atoms with van der Waals surface area (Å²) in [6.45, 7) is 0. The Labute approximate surface area is 107 Å². The Kier molecular flexibility index (Phi) is 3.39. The molecule has 10 heteroatoms. The van der Waals surface area contributed by atoms with Crippen molar-refractivity contribution < 1.29 is 0 Å². The van der Waals surface area contributed by atoms with Crippen LogP contribution in [-0.2, 0) is 0 Å². The lowest BCUT2D eigenvalue weighted by Gasteiger charge is -2.32. The normalized spacial score (nSPS) is 21.1. The van der Waals surface area contributed by atoms with Crippen LogP contribution in [0.3, 0.4) is 0 Å². The zero-order valence-corrected chi connectivity index (χ0v) is 10.9. The first-order valence-corrected chi connectivity index (χ1v) is 5.36. The molecule has 4 nitrogen and oxygen atoms in total. The monoisotopic (exact) mass is 346 g/mol. The topological polar surface area (TPSA) is 49.4 Å². The molecule has 0 aromatic rings. The predicted octanol–water partition coefficient (Wildman–Crippen LogP) is 4.41. The summed E-state index contributed by atoms with van der Waals surface area (Å²) in [7, 11) is 0. The third-order valence-corrected chi connectivity index (χ3v) is 5.04. The molecule has 1 aliphatic rings. The summed E-state index contributed by atoms with van der Waals surface area (Å²) in [5, 5.41) is 13.4. The fourth-order valence-electron chi connectivity index (χ4n) is 0.484. The molecular formula is C3BrCl5N4. The number of nitrogens with zero attached hydrogens (tertiary/aromatic N) is 4. The molecule has 74 valence electrons. The lowest BCUT2D eigenvalue weighted by molar-refractivity contribution is 0.567. The molecule has 0 aromatic carbocycles. The third-order valence-electron chi connectivity index (χ3n) is 1.15. The van der Waals surface area contributed by atoms with E-state index in [4.69, 9.17) is 58.0 Å². The minimum atomic E-state index is -1.98. The quantitative estimate of drug-likeness (QED) is 0.497. The highest BCUT2D eigenvalue weighted by atomic mass is 79.9. The molecular weight excluding hydrogens is 349 g/mol. The highest BCUT2D eigenvalue weighted by molar-refractivity contribution is 9.10. The summed E-state index contributed by atoms with van der Waals surface area (Å²) in [5.74, 6) is 0. The number of rotatable bonds is 1. The van der Waals surface area contributed by atoms with E-state index < -0.39 is 12.7 Å². The second-order valence-corrected chi connectivity index (χ2v) is 6.75. The lowest BCUT2D eigenvalue weighted by Crippen LogP contribution is -2.46. The van der Waals surface area contributed by atoms with Crippen molar-refractivity contribution in [2.45, 2.75) is 12.7 Å². The maximum absolute atomic E-state index is 5.78. The number of halogens is 6. The molecule has 0 unspecified atom stereocenters. The van der Waals surface area contributed by atoms with E-state index in [0.29, 0.717) is 0 Å². The van der Waals surface area contributed by atoms with E-state index >= 15 is 0 Å². The van der Waals surface area contributed by atoms with Crippen LogP contribution in [0.25, 0.3) is 0 Å². The summed E-state index contributed by atoms with van der Waals surface area (Å²) in [6, 6.07) is 0. The molecule has 0 radical (unpaired) electrons. The number of hydrogen-bond acceptors (Lipinski definition) is 4. The van der Waals surface area contributed by atoms with Gasteiger partial charge in [0.1, 0.15) is 0 Å². The molecule has 0 aliphatic carbocycles. The van der Waals surface area contributed by atoms with E-state index in [1.54, 1.807) is 0 Å². The maximum Gasteiger partial charge on any atom is 0.285 e. The Bertz CT molecular complexity index is 257. The largest absolute Gasteiger partial charge is 0.285 e. The maximum atomic E-state index is 5.78. The van der Waals surface area contributed by atoms with Gasteiger partial charge in [0.05, 0.1) is 0 Å². The van der Waals surface area contributed by atoms with Crippen LogP contribution < -0.4 is 0 Å². The second-order valence-electron chi connectivity index (χ2n) is 2.04. The minimum absolute atomic E-state index is 1.56. The molecule has 1 rings (SSSR count). The first-order valence-electron chi connectivity index (χ1n) is 2.68. The van der Waals surface area contributed by atoms with Crippen LogP contribution in [0.15, 0.2) is 20.7 Å². The Hall–Kier alpha value is 1.13. The molecule has 1 aliphatic heterocycles. The van der Waals surface area contributed by atoms with Gasteiger partial charge in [0, 0.05) is 0 Å². The summed E-state index contributed by atoms with van der Waals surface area (Å²) in [5.41, 5.74) is 0. The molecule has 0 fully saturated rings. The van der Waals surface area contributed by atoms with Crippen molar-refractivity contribution in [1.29, 1.82) is 0 Å². The summed E-state index contributed by atoms with van der Waals surface area (Å²) < 4.78 is -5.45. The predicted molar refractivity (Wildman–Crippen MR) is 56.1 cm³/mol. The number of alkyl halides is 6. The molecule has 0 bridgehead atoms. The smallest absolute Gasteiger partial charge is 0.119 e. The molecule has 0 amide bonds. The zero-order chi connectivity index (χ0) is 10.3. The first kappa shape index (κ1) is 12.2. The van der Waals surface area contributed by atoms with Crippen LogP contribution in [-0.4, -0.2) is 12.7 Å². The summed E-state index contributed by atoms with van der Waals surface area (Å²) in [4.78, 5) is 0. The van der Waals surface area contributed by atoms with E-state index in [-0.39, 0.29) is 0 Å². The van der Waals surface area contributed by atoms with Gasteiger partial charge in [-0.15, -0.1) is 10.2 Å². The average molecular weight is 349 g/mol. The van der Waals surface area contributed by atoms with E-state index in [0.717, 1.165) is 0 Å². The zero-order valence-electron chi connectivity index (χ0n) is 5.56. The van der Waals surface area contributed by atoms with Crippen molar-refractivity contribution in [3.8, 4) is 0 Å². The van der Waals surface area contributed by atoms with E-state index in [2.05, 4.69) is 36.6 Å². The van der Waals surface area contributed by atoms with Crippen molar-refractivity contribution in [2.24, 2.45) is 20.7 Å². The van der Waals surface area contributed by atoms with Crippen LogP contribution in [0.2, 0.25) is 0 Å². The molecule has 1 heterocycles. The Balaban J connectivity index is 3.06. The second kappa shape index (κ2) is 3.61. The summed E-state index contributed by atoms with van der Waals surface area (Å²) in [6.07, 6.45) is 0. The molecule has 0 N–H and O–H groups in total. The molecule has 0 atom stereocenters. The van der Waals surface area contributed by atoms with Gasteiger partial charge in [0.15, 0.2) is 0 Å². The Morgan fingerprint density at radius 2 is 1.31 bits per heavy atom. The fraction of sp³-hybridized carbons (Fsp3) is 1.00. The van der Waals surface area contributed by atoms with Gasteiger partial charge in [-0.2, -0.15) is 0 Å². The van der Waals surface area contributed by atoms with Gasteiger partial charge in [0.25, 0.3) is 4.57 Å². The lowest BCUT2D eigenvalue weighted by atomic mass is 10.4. The Morgan fingerprint density at radius 3 is 1.62 bits per heavy atom. The average Bonchev–Trinajstić information content (AvgIpc) is 2.35. The van der Waals surface area contributed by atoms with Crippen LogP contribution in [0.5, 0.6) is 0 Å². The van der Waals surface area contributed by atoms with Gasteiger partial charge >= 0.3 is 0 Å². The number of hydrogen-bond donors (Lipinski definition) is 0. The van der Waals surface area contributed by atoms with Crippen LogP contribution in [0.1, 0.15) is 0 Å². The molecule has 0 aromatic heterocycles.